The number of para-hydroxylation sites is 1. The molecule has 0 aromatic heterocycles. The molecule has 0 saturated heterocycles. The van der Waals surface area contributed by atoms with Gasteiger partial charge in [0, 0.05) is 5.69 Å². The average molecular weight is 292 g/mol. The number of halogens is 1. The summed E-state index contributed by atoms with van der Waals surface area (Å²) >= 11 is 0. The second-order valence-corrected chi connectivity index (χ2v) is 4.16. The number of carbonyl (C=O) groups excluding carboxylic acids is 1. The van der Waals surface area contributed by atoms with E-state index in [1.165, 1.54) is 0 Å². The van der Waals surface area contributed by atoms with Crippen LogP contribution in [0.5, 0.6) is 11.5 Å². The number of phenolic OH excluding ortho intramolecular Hbond substituents is 2. The molecule has 0 saturated carbocycles. The third-order valence-electron chi connectivity index (χ3n) is 2.86. The number of nitrogen functional groups attached to an aromatic ring is 1. The molecular formula is C14H13FN2O4. The zero-order chi connectivity index (χ0) is 15.6. The van der Waals surface area contributed by atoms with Crippen molar-refractivity contribution in [3.63, 3.8) is 0 Å². The van der Waals surface area contributed by atoms with Crippen molar-refractivity contribution >= 4 is 23.0 Å². The van der Waals surface area contributed by atoms with Gasteiger partial charge in [-0.3, -0.25) is 0 Å². The molecule has 5 N–H and O–H groups in total. The van der Waals surface area contributed by atoms with Gasteiger partial charge >= 0.3 is 5.97 Å². The quantitative estimate of drug-likeness (QED) is 0.393. The van der Waals surface area contributed by atoms with Crippen LogP contribution in [0.4, 0.5) is 21.5 Å². The molecule has 0 aliphatic heterocycles. The van der Waals surface area contributed by atoms with Gasteiger partial charge in [-0.2, -0.15) is 0 Å². The first-order valence-electron chi connectivity index (χ1n) is 5.90. The molecule has 0 heterocycles. The van der Waals surface area contributed by atoms with Gasteiger partial charge in [-0.25, -0.2) is 9.18 Å². The lowest BCUT2D eigenvalue weighted by Gasteiger charge is -2.16. The van der Waals surface area contributed by atoms with Crippen LogP contribution in [-0.2, 0) is 4.74 Å². The predicted molar refractivity (Wildman–Crippen MR) is 75.2 cm³/mol. The maximum Gasteiger partial charge on any atom is 0.343 e. The molecule has 0 atom stereocenters. The van der Waals surface area contributed by atoms with Crippen LogP contribution in [0, 0.1) is 5.82 Å². The van der Waals surface area contributed by atoms with E-state index in [0.29, 0.717) is 5.69 Å². The molecule has 2 aromatic carbocycles. The van der Waals surface area contributed by atoms with Crippen molar-refractivity contribution in [2.24, 2.45) is 0 Å². The van der Waals surface area contributed by atoms with Gasteiger partial charge < -0.3 is 26.0 Å². The first kappa shape index (κ1) is 14.4. The van der Waals surface area contributed by atoms with E-state index in [0.717, 1.165) is 7.11 Å². The summed E-state index contributed by atoms with van der Waals surface area (Å²) in [6.07, 6.45) is 0. The Bertz CT molecular complexity index is 689. The Morgan fingerprint density at radius 3 is 2.43 bits per heavy atom. The van der Waals surface area contributed by atoms with E-state index in [1.807, 2.05) is 0 Å². The number of nitrogens with two attached hydrogens (primary N) is 1. The van der Waals surface area contributed by atoms with Crippen molar-refractivity contribution in [3.05, 3.63) is 41.7 Å². The predicted octanol–water partition coefficient (Wildman–Crippen LogP) is 2.35. The lowest BCUT2D eigenvalue weighted by atomic mass is 10.1. The number of hydrogen-bond donors (Lipinski definition) is 4. The molecule has 2 aromatic rings. The standard InChI is InChI=1S/C14H13FN2O4/c1-21-14(20)8-11(17-7-5-3-2-4-6-7)9(15)13(19)10(16)12(8)18/h2-6,17-19H,16H2,1H3. The molecule has 110 valence electrons. The summed E-state index contributed by atoms with van der Waals surface area (Å²) in [4.78, 5) is 11.7. The number of anilines is 3. The lowest BCUT2D eigenvalue weighted by Crippen LogP contribution is -2.10. The number of ether oxygens (including phenoxy) is 1. The molecule has 0 bridgehead atoms. The van der Waals surface area contributed by atoms with Crippen LogP contribution < -0.4 is 11.1 Å². The third-order valence-corrected chi connectivity index (χ3v) is 2.86. The van der Waals surface area contributed by atoms with Gasteiger partial charge in [0.2, 0.25) is 0 Å². The highest BCUT2D eigenvalue weighted by atomic mass is 19.1. The maximum atomic E-state index is 14.2. The first-order valence-corrected chi connectivity index (χ1v) is 5.90. The molecule has 0 radical (unpaired) electrons. The molecule has 0 aliphatic rings. The smallest absolute Gasteiger partial charge is 0.343 e. The van der Waals surface area contributed by atoms with Crippen molar-refractivity contribution in [1.29, 1.82) is 0 Å². The molecule has 0 fully saturated rings. The van der Waals surface area contributed by atoms with Gasteiger partial charge in [-0.1, -0.05) is 18.2 Å². The number of nitrogens with one attached hydrogen (secondary N) is 1. The van der Waals surface area contributed by atoms with Crippen LogP contribution in [0.25, 0.3) is 0 Å². The Hall–Kier alpha value is -2.96. The van der Waals surface area contributed by atoms with Crippen molar-refractivity contribution in [2.45, 2.75) is 0 Å². The minimum atomic E-state index is -1.16. The van der Waals surface area contributed by atoms with E-state index < -0.39 is 40.2 Å². The molecule has 2 rings (SSSR count). The number of rotatable bonds is 3. The maximum absolute atomic E-state index is 14.2. The van der Waals surface area contributed by atoms with Crippen LogP contribution in [-0.4, -0.2) is 23.3 Å². The van der Waals surface area contributed by atoms with Gasteiger partial charge in [0.1, 0.15) is 11.3 Å². The van der Waals surface area contributed by atoms with Crippen LogP contribution >= 0.6 is 0 Å². The minimum Gasteiger partial charge on any atom is -0.505 e. The van der Waals surface area contributed by atoms with Crippen LogP contribution in [0.1, 0.15) is 10.4 Å². The summed E-state index contributed by atoms with van der Waals surface area (Å²) in [5, 5.41) is 22.1. The van der Waals surface area contributed by atoms with Gasteiger partial charge in [0.25, 0.3) is 0 Å². The molecule has 0 amide bonds. The van der Waals surface area contributed by atoms with Gasteiger partial charge in [0.15, 0.2) is 17.3 Å². The normalized spacial score (nSPS) is 10.2. The molecule has 0 aliphatic carbocycles. The van der Waals surface area contributed by atoms with Gasteiger partial charge in [-0.05, 0) is 12.1 Å². The highest BCUT2D eigenvalue weighted by Crippen LogP contribution is 2.43. The molecule has 21 heavy (non-hydrogen) atoms. The largest absolute Gasteiger partial charge is 0.505 e. The summed E-state index contributed by atoms with van der Waals surface area (Å²) in [5.41, 5.74) is 4.27. The van der Waals surface area contributed by atoms with E-state index in [9.17, 15) is 19.4 Å². The Labute approximate surface area is 119 Å². The molecule has 6 nitrogen and oxygen atoms in total. The summed E-state index contributed by atoms with van der Waals surface area (Å²) < 4.78 is 18.7. The second kappa shape index (κ2) is 5.58. The SMILES string of the molecule is COC(=O)c1c(O)c(N)c(O)c(F)c1Nc1ccccc1. The van der Waals surface area contributed by atoms with Crippen LogP contribution in [0.2, 0.25) is 0 Å². The number of carbonyl (C=O) groups is 1. The van der Waals surface area contributed by atoms with Gasteiger partial charge in [-0.15, -0.1) is 0 Å². The molecule has 0 spiro atoms. The minimum absolute atomic E-state index is 0.419. The fourth-order valence-electron chi connectivity index (χ4n) is 1.80. The highest BCUT2D eigenvalue weighted by Gasteiger charge is 2.27. The van der Waals surface area contributed by atoms with Crippen LogP contribution in [0.3, 0.4) is 0 Å². The van der Waals surface area contributed by atoms with E-state index in [-0.39, 0.29) is 0 Å². The molecule has 7 heteroatoms. The van der Waals surface area contributed by atoms with Crippen molar-refractivity contribution in [3.8, 4) is 11.5 Å². The number of benzene rings is 2. The van der Waals surface area contributed by atoms with Crippen molar-refractivity contribution < 1.29 is 24.1 Å². The number of aromatic hydroxyl groups is 2. The third kappa shape index (κ3) is 2.53. The number of hydrogen-bond acceptors (Lipinski definition) is 6. The molecular weight excluding hydrogens is 279 g/mol. The lowest BCUT2D eigenvalue weighted by molar-refractivity contribution is 0.0598. The fourth-order valence-corrected chi connectivity index (χ4v) is 1.80. The topological polar surface area (TPSA) is 105 Å². The zero-order valence-corrected chi connectivity index (χ0v) is 11.1. The average Bonchev–Trinajstić information content (AvgIpc) is 2.51. The number of methoxy groups -OCH3 is 1. The zero-order valence-electron chi connectivity index (χ0n) is 11.1. The summed E-state index contributed by atoms with van der Waals surface area (Å²) in [6.45, 7) is 0. The Morgan fingerprint density at radius 1 is 1.24 bits per heavy atom. The summed E-state index contributed by atoms with van der Waals surface area (Å²) in [7, 11) is 1.08. The van der Waals surface area contributed by atoms with E-state index in [2.05, 4.69) is 10.1 Å². The van der Waals surface area contributed by atoms with Gasteiger partial charge in [0.05, 0.1) is 12.8 Å². The van der Waals surface area contributed by atoms with E-state index in [1.54, 1.807) is 30.3 Å². The Kier molecular flexibility index (Phi) is 3.84. The second-order valence-electron chi connectivity index (χ2n) is 4.16. The fraction of sp³-hybridized carbons (Fsp3) is 0.0714. The first-order chi connectivity index (χ1) is 9.97. The number of phenols is 2. The monoisotopic (exact) mass is 292 g/mol. The number of esters is 1. The van der Waals surface area contributed by atoms with Crippen LogP contribution in [0.15, 0.2) is 30.3 Å². The van der Waals surface area contributed by atoms with Crippen molar-refractivity contribution in [1.82, 2.24) is 0 Å². The Balaban J connectivity index is 2.65. The summed E-state index contributed by atoms with van der Waals surface area (Å²) in [5.74, 6) is -3.84. The van der Waals surface area contributed by atoms with Crippen molar-refractivity contribution in [2.75, 3.05) is 18.2 Å². The Morgan fingerprint density at radius 2 is 1.86 bits per heavy atom. The van der Waals surface area contributed by atoms with E-state index in [4.69, 9.17) is 5.73 Å². The molecule has 0 unspecified atom stereocenters. The van der Waals surface area contributed by atoms with E-state index >= 15 is 0 Å². The highest BCUT2D eigenvalue weighted by molar-refractivity contribution is 6.02. The summed E-state index contributed by atoms with van der Waals surface area (Å²) in [6, 6.07) is 8.36.